The molecule has 2 aromatic carbocycles. The second kappa shape index (κ2) is 16.1. The summed E-state index contributed by atoms with van der Waals surface area (Å²) in [6.07, 6.45) is 10.2. The number of allylic oxidation sites excluding steroid dienone is 7. The van der Waals surface area contributed by atoms with Crippen LogP contribution in [0.3, 0.4) is 0 Å². The number of carboxylic acids is 1. The van der Waals surface area contributed by atoms with Crippen LogP contribution in [0.1, 0.15) is 97.3 Å². The number of rotatable bonds is 15. The number of aliphatic carboxylic acids is 1. The normalized spacial score (nSPS) is 20.1. The van der Waals surface area contributed by atoms with E-state index in [1.165, 1.54) is 18.2 Å². The third-order valence-electron chi connectivity index (χ3n) is 10.8. The molecule has 4 N–H and O–H groups in total. The second-order valence-electron chi connectivity index (χ2n) is 16.9. The van der Waals surface area contributed by atoms with Crippen molar-refractivity contribution in [2.24, 2.45) is 5.41 Å². The summed E-state index contributed by atoms with van der Waals surface area (Å²) in [5, 5.41) is 9.49. The fourth-order valence-electron chi connectivity index (χ4n) is 8.04. The molecular weight excluding hydrogens is 809 g/mol. The van der Waals surface area contributed by atoms with E-state index in [4.69, 9.17) is 4.74 Å². The number of hydrogen-bond acceptors (Lipinski definition) is 9. The molecule has 14 nitrogen and oxygen atoms in total. The second-order valence-corrected chi connectivity index (χ2v) is 21.5. The topological polar surface area (TPSA) is 216 Å². The van der Waals surface area contributed by atoms with E-state index in [9.17, 15) is 48.8 Å². The van der Waals surface area contributed by atoms with Crippen LogP contribution in [-0.2, 0) is 40.6 Å². The van der Waals surface area contributed by atoms with Gasteiger partial charge >= 0.3 is 5.97 Å². The van der Waals surface area contributed by atoms with Crippen LogP contribution in [0, 0.1) is 5.41 Å². The minimum absolute atomic E-state index is 0.0198. The Morgan fingerprint density at radius 2 is 1.57 bits per heavy atom. The fraction of sp³-hybridized carbons (Fsp3) is 0.463. The van der Waals surface area contributed by atoms with Crippen LogP contribution in [0.25, 0.3) is 11.1 Å². The van der Waals surface area contributed by atoms with E-state index in [0.29, 0.717) is 35.0 Å². The quantitative estimate of drug-likeness (QED) is 0.104. The molecule has 17 heteroatoms. The molecule has 0 saturated heterocycles. The number of hydrogen-bond donors (Lipinski definition) is 4. The minimum Gasteiger partial charge on any atom is -0.481 e. The first kappa shape index (κ1) is 45.0. The number of carboxylic acid groups (broad SMARTS) is 1. The van der Waals surface area contributed by atoms with Crippen molar-refractivity contribution in [3.05, 3.63) is 83.2 Å². The van der Waals surface area contributed by atoms with Crippen molar-refractivity contribution in [3.63, 3.8) is 0 Å². The van der Waals surface area contributed by atoms with E-state index >= 15 is 0 Å². The fourth-order valence-corrected chi connectivity index (χ4v) is 9.53. The number of benzene rings is 2. The molecule has 0 fully saturated rings. The highest BCUT2D eigenvalue weighted by Crippen LogP contribution is 2.48. The molecule has 0 radical (unpaired) electrons. The number of ether oxygens (including phenoxy) is 1. The average Bonchev–Trinajstić information content (AvgIpc) is 3.29. The maximum atomic E-state index is 12.3. The van der Waals surface area contributed by atoms with Crippen molar-refractivity contribution < 1.29 is 58.1 Å². The van der Waals surface area contributed by atoms with Gasteiger partial charge in [0.25, 0.3) is 30.4 Å². The molecule has 0 aliphatic carbocycles. The van der Waals surface area contributed by atoms with E-state index in [1.54, 1.807) is 0 Å². The van der Waals surface area contributed by atoms with Crippen LogP contribution in [0.5, 0.6) is 5.75 Å². The van der Waals surface area contributed by atoms with Gasteiger partial charge in [0, 0.05) is 65.4 Å². The van der Waals surface area contributed by atoms with Crippen molar-refractivity contribution in [1.29, 1.82) is 0 Å². The van der Waals surface area contributed by atoms with Crippen LogP contribution in [0.4, 0.5) is 11.4 Å². The summed E-state index contributed by atoms with van der Waals surface area (Å²) in [6.45, 7) is 14.5. The van der Waals surface area contributed by atoms with Crippen LogP contribution in [0.2, 0.25) is 0 Å². The zero-order valence-electron chi connectivity index (χ0n) is 33.8. The Kier molecular flexibility index (Phi) is 12.5. The summed E-state index contributed by atoms with van der Waals surface area (Å²) in [7, 11) is -13.1. The lowest BCUT2D eigenvalue weighted by molar-refractivity contribution is -0.437. The predicted molar refractivity (Wildman–Crippen MR) is 224 cm³/mol. The van der Waals surface area contributed by atoms with Gasteiger partial charge in [-0.2, -0.15) is 29.8 Å². The largest absolute Gasteiger partial charge is 0.481 e. The van der Waals surface area contributed by atoms with Gasteiger partial charge in [-0.3, -0.25) is 18.5 Å². The average molecular weight is 862 g/mol. The number of nitrogens with zero attached hydrogens (tertiary/aromatic N) is 2. The van der Waals surface area contributed by atoms with E-state index < -0.39 is 58.4 Å². The SMILES string of the molecule is CC1=CC(C)(C)N(CCCS(=O)(=O)O)c2cc3c(cc21)/C(=C/C=C/C1=[N+](CCCS(=O)(=O)O)c2ccc(S(=O)(=O)O)cc2C1(C)CCCC(=O)O)C=C(C(C)(C)C)O3. The van der Waals surface area contributed by atoms with Gasteiger partial charge < -0.3 is 14.7 Å². The molecule has 1 atom stereocenters. The van der Waals surface area contributed by atoms with Gasteiger partial charge in [-0.15, -0.1) is 0 Å². The molecule has 316 valence electrons. The van der Waals surface area contributed by atoms with Crippen molar-refractivity contribution in [2.75, 3.05) is 29.5 Å². The molecule has 0 saturated carbocycles. The van der Waals surface area contributed by atoms with E-state index in [-0.39, 0.29) is 49.3 Å². The molecule has 2 aromatic rings. The van der Waals surface area contributed by atoms with Gasteiger partial charge in [-0.25, -0.2) is 0 Å². The first-order chi connectivity index (χ1) is 26.6. The summed E-state index contributed by atoms with van der Waals surface area (Å²) in [5.41, 5.74) is 4.18. The highest BCUT2D eigenvalue weighted by Gasteiger charge is 2.48. The summed E-state index contributed by atoms with van der Waals surface area (Å²) < 4.78 is 108. The van der Waals surface area contributed by atoms with Crippen molar-refractivity contribution in [3.8, 4) is 5.75 Å². The third-order valence-corrected chi connectivity index (χ3v) is 13.3. The molecule has 0 spiro atoms. The molecule has 3 heterocycles. The number of fused-ring (bicyclic) bond motifs is 3. The Hall–Kier alpha value is -4.13. The smallest absolute Gasteiger partial charge is 0.303 e. The molecule has 5 rings (SSSR count). The Morgan fingerprint density at radius 1 is 0.914 bits per heavy atom. The molecule has 0 bridgehead atoms. The lowest BCUT2D eigenvalue weighted by atomic mass is 9.75. The van der Waals surface area contributed by atoms with Crippen molar-refractivity contribution in [2.45, 2.75) is 96.4 Å². The standard InChI is InChI=1S/C41H52N2O12S3/c1-27-26-40(5,6)43(19-11-21-57(49,50)51)34-25-35-31(24-30(27)34)28(22-37(55-35)39(2,3)4)12-8-13-36-41(7,17-9-14-38(44)45)32-23-29(58(52,53)54)15-16-33(32)42(36)18-10-20-56(46,47)48/h8,12-13,15-16,22-26H,9-11,14,17-21H2,1-7H3,(H3-,44,45,46,47,48,49,50,51,52,53,54)/p+1. The summed E-state index contributed by atoms with van der Waals surface area (Å²) in [4.78, 5) is 13.4. The number of anilines is 1. The monoisotopic (exact) mass is 861 g/mol. The zero-order chi connectivity index (χ0) is 43.2. The summed E-state index contributed by atoms with van der Waals surface area (Å²) >= 11 is 0. The molecule has 3 aliphatic heterocycles. The Labute approximate surface area is 341 Å². The Morgan fingerprint density at radius 3 is 2.17 bits per heavy atom. The van der Waals surface area contributed by atoms with E-state index in [1.807, 2.05) is 89.5 Å². The van der Waals surface area contributed by atoms with Crippen molar-refractivity contribution >= 4 is 64.6 Å². The highest BCUT2D eigenvalue weighted by molar-refractivity contribution is 7.86. The summed E-state index contributed by atoms with van der Waals surface area (Å²) in [5.74, 6) is -0.637. The Balaban J connectivity index is 1.66. The molecular formula is C41H53N2O12S3+. The molecule has 0 amide bonds. The van der Waals surface area contributed by atoms with Gasteiger partial charge in [0.15, 0.2) is 5.71 Å². The van der Waals surface area contributed by atoms with Crippen molar-refractivity contribution in [1.82, 2.24) is 0 Å². The van der Waals surface area contributed by atoms with Crippen LogP contribution in [-0.4, -0.2) is 90.4 Å². The molecule has 1 unspecified atom stereocenters. The van der Waals surface area contributed by atoms with Crippen LogP contribution < -0.4 is 9.64 Å². The molecule has 58 heavy (non-hydrogen) atoms. The zero-order valence-corrected chi connectivity index (χ0v) is 36.3. The van der Waals surface area contributed by atoms with Crippen LogP contribution in [0.15, 0.2) is 71.4 Å². The summed E-state index contributed by atoms with van der Waals surface area (Å²) in [6, 6.07) is 8.13. The first-order valence-corrected chi connectivity index (χ1v) is 23.6. The maximum absolute atomic E-state index is 12.3. The molecule has 3 aliphatic rings. The van der Waals surface area contributed by atoms with E-state index in [2.05, 4.69) is 11.0 Å². The maximum Gasteiger partial charge on any atom is 0.303 e. The predicted octanol–water partition coefficient (Wildman–Crippen LogP) is 7.06. The van der Waals surface area contributed by atoms with Gasteiger partial charge in [-0.05, 0) is 82.4 Å². The van der Waals surface area contributed by atoms with Gasteiger partial charge in [0.1, 0.15) is 18.1 Å². The first-order valence-electron chi connectivity index (χ1n) is 18.9. The van der Waals surface area contributed by atoms with Crippen LogP contribution >= 0.6 is 0 Å². The van der Waals surface area contributed by atoms with Gasteiger partial charge in [0.2, 0.25) is 5.69 Å². The van der Waals surface area contributed by atoms with Gasteiger partial charge in [0.05, 0.1) is 27.4 Å². The third kappa shape index (κ3) is 10.2. The number of carbonyl (C=O) groups is 1. The Bertz CT molecular complexity index is 2510. The lowest BCUT2D eigenvalue weighted by Gasteiger charge is -2.44. The van der Waals surface area contributed by atoms with Gasteiger partial charge in [-0.1, -0.05) is 39.0 Å². The lowest BCUT2D eigenvalue weighted by Crippen LogP contribution is -2.46. The minimum atomic E-state index is -4.61. The van der Waals surface area contributed by atoms with E-state index in [0.717, 1.165) is 28.0 Å². The highest BCUT2D eigenvalue weighted by atomic mass is 32.2. The molecule has 0 aromatic heterocycles.